The molecule has 2 nitrogen and oxygen atoms in total. The Morgan fingerprint density at radius 1 is 1.36 bits per heavy atom. The molecule has 1 unspecified atom stereocenters. The monoisotopic (exact) mass is 216 g/mol. The minimum Gasteiger partial charge on any atom is -0.393 e. The van der Waals surface area contributed by atoms with Gasteiger partial charge < -0.3 is 10.6 Å². The molecular weight excluding hydrogens is 192 g/mol. The predicted octanol–water partition coefficient (Wildman–Crippen LogP) is 2.42. The molecule has 0 amide bonds. The molecule has 0 heterocycles. The maximum absolute atomic E-state index is 5.45. The summed E-state index contributed by atoms with van der Waals surface area (Å²) < 4.78 is 0. The molecule has 0 spiro atoms. The van der Waals surface area contributed by atoms with Crippen LogP contribution >= 0.6 is 12.2 Å². The van der Waals surface area contributed by atoms with Crippen molar-refractivity contribution < 1.29 is 0 Å². The van der Waals surface area contributed by atoms with Gasteiger partial charge in [0.25, 0.3) is 0 Å². The third-order valence-corrected chi connectivity index (χ3v) is 2.70. The SMILES string of the molecule is CC(C)CC(C)N(C)CCCC(N)=S. The van der Waals surface area contributed by atoms with Gasteiger partial charge in [0.05, 0.1) is 4.99 Å². The Balaban J connectivity index is 3.61. The van der Waals surface area contributed by atoms with Gasteiger partial charge in [0.15, 0.2) is 0 Å². The summed E-state index contributed by atoms with van der Waals surface area (Å²) in [7, 11) is 2.17. The van der Waals surface area contributed by atoms with Gasteiger partial charge in [-0.3, -0.25) is 0 Å². The van der Waals surface area contributed by atoms with Gasteiger partial charge in [0.1, 0.15) is 0 Å². The van der Waals surface area contributed by atoms with E-state index in [-0.39, 0.29) is 0 Å². The van der Waals surface area contributed by atoms with Gasteiger partial charge >= 0.3 is 0 Å². The van der Waals surface area contributed by atoms with E-state index in [1.807, 2.05) is 0 Å². The predicted molar refractivity (Wildman–Crippen MR) is 67.6 cm³/mol. The molecule has 2 N–H and O–H groups in total. The summed E-state index contributed by atoms with van der Waals surface area (Å²) in [6.07, 6.45) is 3.20. The first-order chi connectivity index (χ1) is 6.43. The third-order valence-electron chi connectivity index (χ3n) is 2.50. The molecule has 0 aromatic rings. The Labute approximate surface area is 93.8 Å². The highest BCUT2D eigenvalue weighted by molar-refractivity contribution is 7.80. The van der Waals surface area contributed by atoms with Crippen LogP contribution in [0.5, 0.6) is 0 Å². The van der Waals surface area contributed by atoms with E-state index in [0.717, 1.165) is 25.3 Å². The quantitative estimate of drug-likeness (QED) is 0.663. The van der Waals surface area contributed by atoms with Crippen LogP contribution in [0.2, 0.25) is 0 Å². The molecule has 0 aliphatic heterocycles. The molecule has 0 aliphatic carbocycles. The molecule has 0 aromatic carbocycles. The van der Waals surface area contributed by atoms with Gasteiger partial charge in [-0.15, -0.1) is 0 Å². The number of thiocarbonyl (C=S) groups is 1. The zero-order valence-corrected chi connectivity index (χ0v) is 10.7. The van der Waals surface area contributed by atoms with Crippen LogP contribution in [0.3, 0.4) is 0 Å². The van der Waals surface area contributed by atoms with Crippen molar-refractivity contribution in [2.24, 2.45) is 11.7 Å². The molecule has 0 saturated heterocycles. The van der Waals surface area contributed by atoms with Crippen LogP contribution in [0.15, 0.2) is 0 Å². The summed E-state index contributed by atoms with van der Waals surface area (Å²) in [5, 5.41) is 0. The van der Waals surface area contributed by atoms with Crippen LogP contribution in [0.25, 0.3) is 0 Å². The summed E-state index contributed by atoms with van der Waals surface area (Å²) in [4.78, 5) is 3.02. The van der Waals surface area contributed by atoms with Gasteiger partial charge in [-0.1, -0.05) is 26.1 Å². The van der Waals surface area contributed by atoms with Crippen molar-refractivity contribution >= 4 is 17.2 Å². The third kappa shape index (κ3) is 7.27. The van der Waals surface area contributed by atoms with Crippen LogP contribution in [-0.4, -0.2) is 29.5 Å². The topological polar surface area (TPSA) is 29.3 Å². The van der Waals surface area contributed by atoms with E-state index in [0.29, 0.717) is 11.0 Å². The largest absolute Gasteiger partial charge is 0.393 e. The molecule has 3 heteroatoms. The molecule has 0 rings (SSSR count). The molecule has 0 aliphatic rings. The Morgan fingerprint density at radius 3 is 2.36 bits per heavy atom. The number of hydrogen-bond acceptors (Lipinski definition) is 2. The van der Waals surface area contributed by atoms with E-state index in [4.69, 9.17) is 18.0 Å². The summed E-state index contributed by atoms with van der Waals surface area (Å²) in [6.45, 7) is 7.89. The lowest BCUT2D eigenvalue weighted by Crippen LogP contribution is -2.31. The first kappa shape index (κ1) is 13.8. The molecule has 0 fully saturated rings. The van der Waals surface area contributed by atoms with Gasteiger partial charge in [0.2, 0.25) is 0 Å². The fourth-order valence-corrected chi connectivity index (χ4v) is 1.73. The second kappa shape index (κ2) is 7.18. The minimum atomic E-state index is 0.634. The van der Waals surface area contributed by atoms with Crippen LogP contribution in [0.1, 0.15) is 40.0 Å². The van der Waals surface area contributed by atoms with Gasteiger partial charge in [-0.25, -0.2) is 0 Å². The summed E-state index contributed by atoms with van der Waals surface area (Å²) in [5.74, 6) is 0.767. The Morgan fingerprint density at radius 2 is 1.93 bits per heavy atom. The van der Waals surface area contributed by atoms with Crippen LogP contribution < -0.4 is 5.73 Å². The van der Waals surface area contributed by atoms with Crippen molar-refractivity contribution in [1.29, 1.82) is 0 Å². The van der Waals surface area contributed by atoms with Crippen molar-refractivity contribution in [3.63, 3.8) is 0 Å². The number of nitrogens with zero attached hydrogens (tertiary/aromatic N) is 1. The zero-order valence-electron chi connectivity index (χ0n) is 9.92. The van der Waals surface area contributed by atoms with Crippen molar-refractivity contribution in [3.05, 3.63) is 0 Å². The lowest BCUT2D eigenvalue weighted by molar-refractivity contribution is 0.227. The van der Waals surface area contributed by atoms with Crippen LogP contribution in [0.4, 0.5) is 0 Å². The Bertz CT molecular complexity index is 169. The summed E-state index contributed by atoms with van der Waals surface area (Å²) in [6, 6.07) is 0.654. The highest BCUT2D eigenvalue weighted by Crippen LogP contribution is 2.10. The van der Waals surface area contributed by atoms with E-state index in [2.05, 4.69) is 32.7 Å². The second-order valence-corrected chi connectivity index (χ2v) is 5.05. The fraction of sp³-hybridized carbons (Fsp3) is 0.909. The first-order valence-corrected chi connectivity index (χ1v) is 5.82. The van der Waals surface area contributed by atoms with Crippen LogP contribution in [0, 0.1) is 5.92 Å². The van der Waals surface area contributed by atoms with Gasteiger partial charge in [-0.05, 0) is 45.7 Å². The van der Waals surface area contributed by atoms with E-state index >= 15 is 0 Å². The number of nitrogens with two attached hydrogens (primary N) is 1. The normalized spacial score (nSPS) is 13.6. The summed E-state index contributed by atoms with van der Waals surface area (Å²) >= 11 is 4.84. The lowest BCUT2D eigenvalue weighted by atomic mass is 10.0. The highest BCUT2D eigenvalue weighted by Gasteiger charge is 2.10. The van der Waals surface area contributed by atoms with Gasteiger partial charge in [-0.2, -0.15) is 0 Å². The van der Waals surface area contributed by atoms with E-state index in [1.54, 1.807) is 0 Å². The standard InChI is InChI=1S/C11H24N2S/c1-9(2)8-10(3)13(4)7-5-6-11(12)14/h9-10H,5-8H2,1-4H3,(H2,12,14). The van der Waals surface area contributed by atoms with E-state index in [1.165, 1.54) is 6.42 Å². The molecule has 14 heavy (non-hydrogen) atoms. The molecule has 1 atom stereocenters. The smallest absolute Gasteiger partial charge is 0.0727 e. The van der Waals surface area contributed by atoms with Crippen molar-refractivity contribution in [3.8, 4) is 0 Å². The maximum atomic E-state index is 5.45. The average Bonchev–Trinajstić information content (AvgIpc) is 2.01. The number of hydrogen-bond donors (Lipinski definition) is 1. The highest BCUT2D eigenvalue weighted by atomic mass is 32.1. The molecule has 0 aromatic heterocycles. The van der Waals surface area contributed by atoms with Gasteiger partial charge in [0, 0.05) is 6.04 Å². The fourth-order valence-electron chi connectivity index (χ4n) is 1.59. The molecule has 84 valence electrons. The molecule has 0 saturated carbocycles. The first-order valence-electron chi connectivity index (χ1n) is 5.42. The lowest BCUT2D eigenvalue weighted by Gasteiger charge is -2.25. The maximum Gasteiger partial charge on any atom is 0.0727 e. The van der Waals surface area contributed by atoms with Crippen molar-refractivity contribution in [2.45, 2.75) is 46.1 Å². The van der Waals surface area contributed by atoms with Crippen LogP contribution in [-0.2, 0) is 0 Å². The minimum absolute atomic E-state index is 0.634. The average molecular weight is 216 g/mol. The molecule has 0 radical (unpaired) electrons. The van der Waals surface area contributed by atoms with E-state index < -0.39 is 0 Å². The van der Waals surface area contributed by atoms with Crippen molar-refractivity contribution in [2.75, 3.05) is 13.6 Å². The Kier molecular flexibility index (Phi) is 7.11. The van der Waals surface area contributed by atoms with Crippen molar-refractivity contribution in [1.82, 2.24) is 4.90 Å². The Hall–Kier alpha value is -0.150. The second-order valence-electron chi connectivity index (χ2n) is 4.53. The zero-order chi connectivity index (χ0) is 11.1. The molecular formula is C11H24N2S. The van der Waals surface area contributed by atoms with E-state index in [9.17, 15) is 0 Å². The number of rotatable bonds is 7. The summed E-state index contributed by atoms with van der Waals surface area (Å²) in [5.41, 5.74) is 5.45. The molecule has 0 bridgehead atoms.